The molecule has 0 bridgehead atoms. The summed E-state index contributed by atoms with van der Waals surface area (Å²) in [4.78, 5) is 0. The lowest BCUT2D eigenvalue weighted by atomic mass is 9.90. The second-order valence-corrected chi connectivity index (χ2v) is 7.75. The van der Waals surface area contributed by atoms with Gasteiger partial charge in [-0.2, -0.15) is 0 Å². The molecule has 0 saturated carbocycles. The van der Waals surface area contributed by atoms with Crippen LogP contribution in [0.1, 0.15) is 80.0 Å². The van der Waals surface area contributed by atoms with Crippen molar-refractivity contribution >= 4 is 0 Å². The van der Waals surface area contributed by atoms with Gasteiger partial charge in [0.05, 0.1) is 0 Å². The summed E-state index contributed by atoms with van der Waals surface area (Å²) in [7, 11) is 0. The maximum absolute atomic E-state index is 2.45. The zero-order valence-electron chi connectivity index (χ0n) is 14.9. The molecule has 2 aromatic rings. The molecule has 0 heteroatoms. The third kappa shape index (κ3) is 3.29. The maximum Gasteiger partial charge on any atom is -0.00106 e. The summed E-state index contributed by atoms with van der Waals surface area (Å²) < 4.78 is 0. The Morgan fingerprint density at radius 2 is 1.12 bits per heavy atom. The molecule has 0 saturated heterocycles. The minimum absolute atomic E-state index is 1.16. The van der Waals surface area contributed by atoms with Crippen molar-refractivity contribution in [3.05, 3.63) is 58.7 Å². The van der Waals surface area contributed by atoms with Crippen LogP contribution in [0.2, 0.25) is 0 Å². The number of rotatable bonds is 0. The fraction of sp³-hybridized carbons (Fsp3) is 0.500. The third-order valence-electron chi connectivity index (χ3n) is 6.08. The molecule has 24 heavy (non-hydrogen) atoms. The number of fused-ring (bicyclic) bond motifs is 5. The first-order valence-corrected chi connectivity index (χ1v) is 10.2. The van der Waals surface area contributed by atoms with E-state index in [2.05, 4.69) is 36.4 Å². The Bertz CT molecular complexity index is 695. The molecule has 0 aliphatic heterocycles. The van der Waals surface area contributed by atoms with Crippen LogP contribution in [0.3, 0.4) is 0 Å². The number of hydrogen-bond acceptors (Lipinski definition) is 0. The summed E-state index contributed by atoms with van der Waals surface area (Å²) >= 11 is 0. The molecule has 2 aliphatic rings. The highest BCUT2D eigenvalue weighted by atomic mass is 14.3. The molecule has 0 nitrogen and oxygen atoms in total. The van der Waals surface area contributed by atoms with Gasteiger partial charge in [-0.1, -0.05) is 81.3 Å². The van der Waals surface area contributed by atoms with Crippen LogP contribution in [0.25, 0.3) is 11.1 Å². The Kier molecular flexibility index (Phi) is 5.02. The van der Waals surface area contributed by atoms with Crippen LogP contribution in [0.4, 0.5) is 0 Å². The van der Waals surface area contributed by atoms with Gasteiger partial charge in [0.15, 0.2) is 0 Å². The van der Waals surface area contributed by atoms with Crippen LogP contribution in [-0.2, 0) is 19.3 Å². The molecule has 0 amide bonds. The van der Waals surface area contributed by atoms with Crippen LogP contribution in [-0.4, -0.2) is 0 Å². The topological polar surface area (TPSA) is 0 Å². The summed E-state index contributed by atoms with van der Waals surface area (Å²) in [5, 5.41) is 0. The van der Waals surface area contributed by atoms with E-state index < -0.39 is 0 Å². The quantitative estimate of drug-likeness (QED) is 0.424. The van der Waals surface area contributed by atoms with Crippen LogP contribution in [0, 0.1) is 0 Å². The van der Waals surface area contributed by atoms with E-state index in [4.69, 9.17) is 0 Å². The number of aryl methyl sites for hydroxylation is 1. The van der Waals surface area contributed by atoms with Crippen molar-refractivity contribution in [1.82, 2.24) is 0 Å². The van der Waals surface area contributed by atoms with Crippen molar-refractivity contribution in [3.63, 3.8) is 0 Å². The lowest BCUT2D eigenvalue weighted by molar-refractivity contribution is 0.563. The van der Waals surface area contributed by atoms with Crippen LogP contribution in [0.5, 0.6) is 0 Å². The highest BCUT2D eigenvalue weighted by molar-refractivity contribution is 5.78. The second-order valence-electron chi connectivity index (χ2n) is 7.75. The predicted molar refractivity (Wildman–Crippen MR) is 104 cm³/mol. The van der Waals surface area contributed by atoms with Crippen LogP contribution in [0.15, 0.2) is 36.4 Å². The van der Waals surface area contributed by atoms with Crippen molar-refractivity contribution in [1.29, 1.82) is 0 Å². The van der Waals surface area contributed by atoms with Gasteiger partial charge in [-0.25, -0.2) is 0 Å². The van der Waals surface area contributed by atoms with E-state index >= 15 is 0 Å². The van der Waals surface area contributed by atoms with E-state index in [1.807, 2.05) is 0 Å². The first-order valence-electron chi connectivity index (χ1n) is 10.2. The second kappa shape index (κ2) is 7.55. The van der Waals surface area contributed by atoms with Crippen molar-refractivity contribution < 1.29 is 0 Å². The largest absolute Gasteiger partial charge is 0.0619 e. The molecular formula is C24H30. The highest BCUT2D eigenvalue weighted by Gasteiger charge is 2.22. The van der Waals surface area contributed by atoms with Gasteiger partial charge in [0, 0.05) is 0 Å². The summed E-state index contributed by atoms with van der Waals surface area (Å²) in [6.45, 7) is 0. The van der Waals surface area contributed by atoms with Gasteiger partial charge in [0.2, 0.25) is 0 Å². The molecular weight excluding hydrogens is 288 g/mol. The lowest BCUT2D eigenvalue weighted by Gasteiger charge is -2.15. The van der Waals surface area contributed by atoms with E-state index in [9.17, 15) is 0 Å². The van der Waals surface area contributed by atoms with E-state index in [-0.39, 0.29) is 0 Å². The fourth-order valence-corrected chi connectivity index (χ4v) is 4.72. The van der Waals surface area contributed by atoms with E-state index in [0.717, 1.165) is 6.42 Å². The number of hydrogen-bond donors (Lipinski definition) is 0. The Balaban J connectivity index is 1.64. The van der Waals surface area contributed by atoms with E-state index in [0.29, 0.717) is 0 Å². The molecule has 0 aromatic heterocycles. The average Bonchev–Trinajstić information content (AvgIpc) is 2.99. The minimum atomic E-state index is 1.16. The minimum Gasteiger partial charge on any atom is -0.0619 e. The summed E-state index contributed by atoms with van der Waals surface area (Å²) in [6, 6.07) is 13.9. The zero-order chi connectivity index (χ0) is 16.2. The molecule has 0 N–H and O–H groups in total. The van der Waals surface area contributed by atoms with Gasteiger partial charge in [-0.15, -0.1) is 0 Å². The van der Waals surface area contributed by atoms with E-state index in [1.54, 1.807) is 16.7 Å². The molecule has 0 atom stereocenters. The highest BCUT2D eigenvalue weighted by Crippen LogP contribution is 2.40. The first-order chi connectivity index (χ1) is 11.9. The van der Waals surface area contributed by atoms with Gasteiger partial charge in [-0.05, 0) is 65.5 Å². The molecule has 0 heterocycles. The predicted octanol–water partition coefficient (Wildman–Crippen LogP) is 6.87. The third-order valence-corrected chi connectivity index (χ3v) is 6.08. The molecule has 0 fully saturated rings. The summed E-state index contributed by atoms with van der Waals surface area (Å²) in [6.07, 6.45) is 16.6. The van der Waals surface area contributed by atoms with Crippen LogP contribution >= 0.6 is 0 Å². The van der Waals surface area contributed by atoms with Crippen molar-refractivity contribution in [2.75, 3.05) is 0 Å². The fourth-order valence-electron chi connectivity index (χ4n) is 4.72. The normalized spacial score (nSPS) is 18.5. The SMILES string of the molecule is c1ccc2c(c1)Cc1c-2ccc2c1CCCCCCCCCCC2. The van der Waals surface area contributed by atoms with Crippen LogP contribution < -0.4 is 0 Å². The molecule has 2 aromatic carbocycles. The Morgan fingerprint density at radius 1 is 0.458 bits per heavy atom. The molecule has 0 spiro atoms. The Morgan fingerprint density at radius 3 is 1.92 bits per heavy atom. The van der Waals surface area contributed by atoms with Gasteiger partial charge < -0.3 is 0 Å². The van der Waals surface area contributed by atoms with Crippen molar-refractivity contribution in [2.24, 2.45) is 0 Å². The smallest absolute Gasteiger partial charge is 0.00106 e. The molecule has 2 aliphatic carbocycles. The Labute approximate surface area is 147 Å². The summed E-state index contributed by atoms with van der Waals surface area (Å²) in [5.74, 6) is 0. The van der Waals surface area contributed by atoms with Gasteiger partial charge >= 0.3 is 0 Å². The lowest BCUT2D eigenvalue weighted by Crippen LogP contribution is -2.01. The standard InChI is InChI=1S/C24H30/c1-2-4-6-8-12-19-16-17-23-22-15-11-10-13-20(22)18-24(23)21(19)14-9-7-5-3-1/h10-11,13,15-17H,1-9,12,14,18H2. The zero-order valence-corrected chi connectivity index (χ0v) is 14.9. The molecule has 4 rings (SSSR count). The van der Waals surface area contributed by atoms with E-state index in [1.165, 1.54) is 87.3 Å². The summed E-state index contributed by atoms with van der Waals surface area (Å²) in [5.41, 5.74) is 9.56. The monoisotopic (exact) mass is 318 g/mol. The number of benzene rings is 2. The van der Waals surface area contributed by atoms with Crippen molar-refractivity contribution in [3.8, 4) is 11.1 Å². The molecule has 126 valence electrons. The van der Waals surface area contributed by atoms with Gasteiger partial charge in [0.1, 0.15) is 0 Å². The van der Waals surface area contributed by atoms with Gasteiger partial charge in [-0.3, -0.25) is 0 Å². The van der Waals surface area contributed by atoms with Crippen molar-refractivity contribution in [2.45, 2.75) is 77.0 Å². The van der Waals surface area contributed by atoms with Gasteiger partial charge in [0.25, 0.3) is 0 Å². The first kappa shape index (κ1) is 15.9. The maximum atomic E-state index is 2.45. The molecule has 0 radical (unpaired) electrons. The Hall–Kier alpha value is -1.56. The average molecular weight is 319 g/mol. The molecule has 0 unspecified atom stereocenters.